The Hall–Kier alpha value is -0.910. The van der Waals surface area contributed by atoms with E-state index in [2.05, 4.69) is 10.3 Å². The molecule has 5 heteroatoms. The van der Waals surface area contributed by atoms with Crippen LogP contribution in [0.1, 0.15) is 19.2 Å². The number of aromatic nitrogens is 2. The lowest BCUT2D eigenvalue weighted by Gasteiger charge is -2.26. The highest BCUT2D eigenvalue weighted by Crippen LogP contribution is 2.24. The van der Waals surface area contributed by atoms with Crippen LogP contribution >= 0.6 is 0 Å². The molecule has 1 aromatic rings. The van der Waals surface area contributed by atoms with E-state index in [1.165, 1.54) is 0 Å². The van der Waals surface area contributed by atoms with Crippen LogP contribution < -0.4 is 5.32 Å². The number of ether oxygens (including phenoxy) is 1. The summed E-state index contributed by atoms with van der Waals surface area (Å²) in [5.41, 5.74) is -0.731. The predicted octanol–water partition coefficient (Wildman–Crippen LogP) is 0.0496. The van der Waals surface area contributed by atoms with Gasteiger partial charge in [-0.25, -0.2) is 4.98 Å². The Morgan fingerprint density at radius 3 is 3.12 bits per heavy atom. The quantitative estimate of drug-likeness (QED) is 0.760. The molecule has 0 spiro atoms. The number of imidazole rings is 1. The highest BCUT2D eigenvalue weighted by atomic mass is 16.5. The van der Waals surface area contributed by atoms with E-state index < -0.39 is 5.60 Å². The molecular formula is C11H19N3O2. The van der Waals surface area contributed by atoms with Gasteiger partial charge in [-0.3, -0.25) is 0 Å². The molecule has 0 aliphatic carbocycles. The maximum atomic E-state index is 10.2. The summed E-state index contributed by atoms with van der Waals surface area (Å²) in [4.78, 5) is 4.21. The molecule has 0 radical (unpaired) electrons. The van der Waals surface area contributed by atoms with Crippen molar-refractivity contribution in [2.24, 2.45) is 7.05 Å². The van der Waals surface area contributed by atoms with Crippen molar-refractivity contribution in [2.45, 2.75) is 31.6 Å². The van der Waals surface area contributed by atoms with Crippen LogP contribution in [0.25, 0.3) is 0 Å². The van der Waals surface area contributed by atoms with Crippen molar-refractivity contribution in [3.8, 4) is 0 Å². The zero-order chi connectivity index (χ0) is 11.6. The summed E-state index contributed by atoms with van der Waals surface area (Å²) in [7, 11) is 1.96. The standard InChI is InChI=1S/C11H19N3O2/c1-9-11(15,3-6-16-9)8-12-7-10-13-4-5-14(10)2/h4-5,9,12,15H,3,6-8H2,1-2H3. The third kappa shape index (κ3) is 2.26. The van der Waals surface area contributed by atoms with Crippen LogP contribution in [-0.4, -0.2) is 39.5 Å². The Morgan fingerprint density at radius 1 is 1.75 bits per heavy atom. The van der Waals surface area contributed by atoms with Gasteiger partial charge in [0, 0.05) is 39.0 Å². The summed E-state index contributed by atoms with van der Waals surface area (Å²) in [6.45, 7) is 3.76. The molecule has 1 aliphatic heterocycles. The molecule has 0 amide bonds. The van der Waals surface area contributed by atoms with Gasteiger partial charge in [0.25, 0.3) is 0 Å². The second kappa shape index (κ2) is 4.53. The molecule has 1 saturated heterocycles. The Kier molecular flexibility index (Phi) is 3.28. The summed E-state index contributed by atoms with van der Waals surface area (Å²) in [5, 5.41) is 13.5. The predicted molar refractivity (Wildman–Crippen MR) is 59.9 cm³/mol. The molecule has 0 saturated carbocycles. The molecule has 2 N–H and O–H groups in total. The second-order valence-electron chi connectivity index (χ2n) is 4.42. The molecule has 0 bridgehead atoms. The molecule has 2 atom stereocenters. The van der Waals surface area contributed by atoms with Crippen molar-refractivity contribution in [3.05, 3.63) is 18.2 Å². The van der Waals surface area contributed by atoms with Gasteiger partial charge in [-0.2, -0.15) is 0 Å². The van der Waals surface area contributed by atoms with Crippen molar-refractivity contribution >= 4 is 0 Å². The Labute approximate surface area is 95.4 Å². The van der Waals surface area contributed by atoms with Gasteiger partial charge >= 0.3 is 0 Å². The zero-order valence-corrected chi connectivity index (χ0v) is 9.81. The fourth-order valence-corrected chi connectivity index (χ4v) is 1.96. The van der Waals surface area contributed by atoms with E-state index in [-0.39, 0.29) is 6.10 Å². The number of nitrogens with zero attached hydrogens (tertiary/aromatic N) is 2. The number of hydrogen-bond donors (Lipinski definition) is 2. The first-order chi connectivity index (χ1) is 7.62. The van der Waals surface area contributed by atoms with E-state index in [0.717, 1.165) is 5.82 Å². The fourth-order valence-electron chi connectivity index (χ4n) is 1.96. The van der Waals surface area contributed by atoms with Crippen LogP contribution in [0.2, 0.25) is 0 Å². The minimum atomic E-state index is -0.731. The minimum absolute atomic E-state index is 0.0960. The zero-order valence-electron chi connectivity index (χ0n) is 9.81. The van der Waals surface area contributed by atoms with Crippen LogP contribution in [0.4, 0.5) is 0 Å². The van der Waals surface area contributed by atoms with E-state index in [4.69, 9.17) is 4.74 Å². The van der Waals surface area contributed by atoms with Crippen LogP contribution in [0.15, 0.2) is 12.4 Å². The van der Waals surface area contributed by atoms with Crippen molar-refractivity contribution < 1.29 is 9.84 Å². The monoisotopic (exact) mass is 225 g/mol. The Morgan fingerprint density at radius 2 is 2.56 bits per heavy atom. The van der Waals surface area contributed by atoms with Crippen molar-refractivity contribution in [3.63, 3.8) is 0 Å². The van der Waals surface area contributed by atoms with Gasteiger partial charge < -0.3 is 19.7 Å². The number of rotatable bonds is 4. The molecule has 16 heavy (non-hydrogen) atoms. The highest BCUT2D eigenvalue weighted by molar-refractivity contribution is 4.94. The van der Waals surface area contributed by atoms with Crippen LogP contribution in [0, 0.1) is 0 Å². The van der Waals surface area contributed by atoms with Crippen molar-refractivity contribution in [2.75, 3.05) is 13.2 Å². The van der Waals surface area contributed by atoms with E-state index in [1.807, 2.05) is 24.7 Å². The van der Waals surface area contributed by atoms with Crippen molar-refractivity contribution in [1.82, 2.24) is 14.9 Å². The first kappa shape index (κ1) is 11.6. The molecule has 1 fully saturated rings. The van der Waals surface area contributed by atoms with E-state index in [0.29, 0.717) is 26.1 Å². The molecule has 0 aromatic carbocycles. The normalized spacial score (nSPS) is 29.8. The number of aliphatic hydroxyl groups is 1. The van der Waals surface area contributed by atoms with E-state index in [1.54, 1.807) is 6.20 Å². The maximum absolute atomic E-state index is 10.2. The topological polar surface area (TPSA) is 59.3 Å². The second-order valence-corrected chi connectivity index (χ2v) is 4.42. The lowest BCUT2D eigenvalue weighted by Crippen LogP contribution is -2.45. The molecular weight excluding hydrogens is 206 g/mol. The van der Waals surface area contributed by atoms with Gasteiger partial charge in [0.2, 0.25) is 0 Å². The first-order valence-corrected chi connectivity index (χ1v) is 5.63. The van der Waals surface area contributed by atoms with Gasteiger partial charge in [-0.1, -0.05) is 0 Å². The molecule has 1 aliphatic rings. The van der Waals surface area contributed by atoms with Crippen LogP contribution in [-0.2, 0) is 18.3 Å². The third-order valence-electron chi connectivity index (χ3n) is 3.29. The fraction of sp³-hybridized carbons (Fsp3) is 0.727. The number of aryl methyl sites for hydroxylation is 1. The molecule has 2 unspecified atom stereocenters. The molecule has 2 heterocycles. The SMILES string of the molecule is CC1OCCC1(O)CNCc1nccn1C. The van der Waals surface area contributed by atoms with E-state index in [9.17, 15) is 5.11 Å². The van der Waals surface area contributed by atoms with E-state index >= 15 is 0 Å². The summed E-state index contributed by atoms with van der Waals surface area (Å²) >= 11 is 0. The van der Waals surface area contributed by atoms with Gasteiger partial charge in [0.05, 0.1) is 12.6 Å². The van der Waals surface area contributed by atoms with Crippen molar-refractivity contribution in [1.29, 1.82) is 0 Å². The average molecular weight is 225 g/mol. The smallest absolute Gasteiger partial charge is 0.122 e. The van der Waals surface area contributed by atoms with Crippen LogP contribution in [0.3, 0.4) is 0 Å². The summed E-state index contributed by atoms with van der Waals surface area (Å²) in [6.07, 6.45) is 4.28. The number of hydrogen-bond acceptors (Lipinski definition) is 4. The Bertz CT molecular complexity index is 353. The van der Waals surface area contributed by atoms with Gasteiger partial charge in [0.15, 0.2) is 0 Å². The van der Waals surface area contributed by atoms with Crippen LogP contribution in [0.5, 0.6) is 0 Å². The largest absolute Gasteiger partial charge is 0.386 e. The summed E-state index contributed by atoms with van der Waals surface area (Å²) in [5.74, 6) is 0.968. The maximum Gasteiger partial charge on any atom is 0.122 e. The van der Waals surface area contributed by atoms with Gasteiger partial charge in [-0.05, 0) is 6.92 Å². The van der Waals surface area contributed by atoms with Gasteiger partial charge in [-0.15, -0.1) is 0 Å². The lowest BCUT2D eigenvalue weighted by atomic mass is 9.97. The third-order valence-corrected chi connectivity index (χ3v) is 3.29. The number of nitrogens with one attached hydrogen (secondary N) is 1. The minimum Gasteiger partial charge on any atom is -0.386 e. The summed E-state index contributed by atoms with van der Waals surface area (Å²) < 4.78 is 7.33. The molecule has 90 valence electrons. The molecule has 2 rings (SSSR count). The molecule has 5 nitrogen and oxygen atoms in total. The van der Waals surface area contributed by atoms with Gasteiger partial charge in [0.1, 0.15) is 11.4 Å². The Balaban J connectivity index is 1.82. The average Bonchev–Trinajstić information content (AvgIpc) is 2.77. The summed E-state index contributed by atoms with van der Waals surface area (Å²) in [6, 6.07) is 0. The highest BCUT2D eigenvalue weighted by Gasteiger charge is 2.38. The lowest BCUT2D eigenvalue weighted by molar-refractivity contribution is -0.0264. The molecule has 1 aromatic heterocycles. The first-order valence-electron chi connectivity index (χ1n) is 5.63.